The van der Waals surface area contributed by atoms with Crippen LogP contribution in [0.5, 0.6) is 0 Å². The number of likely N-dealkylation sites (tertiary alicyclic amines) is 1. The average molecular weight is 350 g/mol. The SMILES string of the molecule is O=C(O)CC/C=C\C[C@@H]1CCN(Cc2ccccc2)[C@@H]1c1cccnc1. The van der Waals surface area contributed by atoms with Gasteiger partial charge in [-0.15, -0.1) is 0 Å². The van der Waals surface area contributed by atoms with Crippen LogP contribution in [0.25, 0.3) is 0 Å². The van der Waals surface area contributed by atoms with E-state index in [1.165, 1.54) is 11.1 Å². The summed E-state index contributed by atoms with van der Waals surface area (Å²) in [7, 11) is 0. The maximum atomic E-state index is 10.6. The normalized spacial score (nSPS) is 20.6. The number of pyridine rings is 1. The van der Waals surface area contributed by atoms with Crippen molar-refractivity contribution in [2.75, 3.05) is 6.54 Å². The number of aromatic nitrogens is 1. The van der Waals surface area contributed by atoms with Gasteiger partial charge in [-0.3, -0.25) is 14.7 Å². The van der Waals surface area contributed by atoms with Gasteiger partial charge in [0.2, 0.25) is 0 Å². The lowest BCUT2D eigenvalue weighted by Gasteiger charge is -2.28. The molecule has 2 aromatic rings. The minimum Gasteiger partial charge on any atom is -0.481 e. The summed E-state index contributed by atoms with van der Waals surface area (Å²) in [6, 6.07) is 15.1. The van der Waals surface area contributed by atoms with Crippen LogP contribution in [0.4, 0.5) is 0 Å². The van der Waals surface area contributed by atoms with Gasteiger partial charge in [0.1, 0.15) is 0 Å². The third-order valence-corrected chi connectivity index (χ3v) is 5.01. The molecule has 1 saturated heterocycles. The largest absolute Gasteiger partial charge is 0.481 e. The molecule has 4 nitrogen and oxygen atoms in total. The van der Waals surface area contributed by atoms with E-state index in [4.69, 9.17) is 5.11 Å². The molecule has 2 heterocycles. The van der Waals surface area contributed by atoms with E-state index in [-0.39, 0.29) is 6.42 Å². The standard InChI is InChI=1S/C22H26N2O2/c25-21(26)12-6-2-5-10-19-13-15-24(17-18-8-3-1-4-9-18)22(19)20-11-7-14-23-16-20/h1-5,7-9,11,14,16,19,22H,6,10,12-13,15,17H2,(H,25,26)/b5-2-/t19-,22+/m1/s1. The van der Waals surface area contributed by atoms with Crippen LogP contribution in [0.15, 0.2) is 67.0 Å². The van der Waals surface area contributed by atoms with E-state index in [9.17, 15) is 4.79 Å². The highest BCUT2D eigenvalue weighted by molar-refractivity contribution is 5.66. The molecular weight excluding hydrogens is 324 g/mol. The molecule has 3 rings (SSSR count). The molecule has 2 atom stereocenters. The Kier molecular flexibility index (Phi) is 6.56. The Morgan fingerprint density at radius 3 is 2.77 bits per heavy atom. The number of hydrogen-bond acceptors (Lipinski definition) is 3. The summed E-state index contributed by atoms with van der Waals surface area (Å²) in [5.41, 5.74) is 2.60. The maximum Gasteiger partial charge on any atom is 0.303 e. The van der Waals surface area contributed by atoms with E-state index in [0.29, 0.717) is 18.4 Å². The van der Waals surface area contributed by atoms with Gasteiger partial charge < -0.3 is 5.11 Å². The fraction of sp³-hybridized carbons (Fsp3) is 0.364. The first-order chi connectivity index (χ1) is 12.7. The predicted molar refractivity (Wildman–Crippen MR) is 103 cm³/mol. The second-order valence-corrected chi connectivity index (χ2v) is 6.88. The third kappa shape index (κ3) is 5.02. The Hall–Kier alpha value is -2.46. The number of allylic oxidation sites excluding steroid dienone is 2. The third-order valence-electron chi connectivity index (χ3n) is 5.01. The summed E-state index contributed by atoms with van der Waals surface area (Å²) in [5.74, 6) is -0.207. The highest BCUT2D eigenvalue weighted by Gasteiger charge is 2.34. The molecule has 1 N–H and O–H groups in total. The van der Waals surface area contributed by atoms with Crippen LogP contribution in [0.3, 0.4) is 0 Å². The number of carbonyl (C=O) groups is 1. The van der Waals surface area contributed by atoms with Crippen molar-refractivity contribution in [3.63, 3.8) is 0 Å². The van der Waals surface area contributed by atoms with Crippen LogP contribution in [0.2, 0.25) is 0 Å². The zero-order valence-electron chi connectivity index (χ0n) is 15.0. The number of carboxylic acids is 1. The minimum absolute atomic E-state index is 0.202. The van der Waals surface area contributed by atoms with Crippen LogP contribution in [-0.4, -0.2) is 27.5 Å². The number of rotatable bonds is 8. The molecule has 136 valence electrons. The lowest BCUT2D eigenvalue weighted by molar-refractivity contribution is -0.136. The summed E-state index contributed by atoms with van der Waals surface area (Å²) in [5, 5.41) is 8.74. The Morgan fingerprint density at radius 2 is 2.04 bits per heavy atom. The van der Waals surface area contributed by atoms with Gasteiger partial charge in [-0.25, -0.2) is 0 Å². The maximum absolute atomic E-state index is 10.6. The van der Waals surface area contributed by atoms with Gasteiger partial charge in [-0.1, -0.05) is 48.6 Å². The molecule has 0 aliphatic carbocycles. The second-order valence-electron chi connectivity index (χ2n) is 6.88. The Labute approximate surface area is 155 Å². The molecular formula is C22H26N2O2. The van der Waals surface area contributed by atoms with Crippen molar-refractivity contribution in [2.45, 2.75) is 38.3 Å². The summed E-state index contributed by atoms with van der Waals surface area (Å²) in [6.07, 6.45) is 10.9. The van der Waals surface area contributed by atoms with Crippen LogP contribution < -0.4 is 0 Å². The molecule has 1 aliphatic heterocycles. The molecule has 1 aromatic carbocycles. The molecule has 1 aliphatic rings. The van der Waals surface area contributed by atoms with Crippen LogP contribution >= 0.6 is 0 Å². The second kappa shape index (κ2) is 9.30. The highest BCUT2D eigenvalue weighted by Crippen LogP contribution is 2.40. The lowest BCUT2D eigenvalue weighted by Crippen LogP contribution is -2.25. The van der Waals surface area contributed by atoms with E-state index in [1.807, 2.05) is 24.5 Å². The van der Waals surface area contributed by atoms with Crippen LogP contribution in [-0.2, 0) is 11.3 Å². The zero-order chi connectivity index (χ0) is 18.2. The van der Waals surface area contributed by atoms with Crippen molar-refractivity contribution >= 4 is 5.97 Å². The fourth-order valence-electron chi connectivity index (χ4n) is 3.80. The van der Waals surface area contributed by atoms with Crippen LogP contribution in [0, 0.1) is 5.92 Å². The van der Waals surface area contributed by atoms with E-state index in [0.717, 1.165) is 25.9 Å². The summed E-state index contributed by atoms with van der Waals surface area (Å²) < 4.78 is 0. The fourth-order valence-corrected chi connectivity index (χ4v) is 3.80. The molecule has 0 saturated carbocycles. The van der Waals surface area contributed by atoms with Gasteiger partial charge >= 0.3 is 5.97 Å². The molecule has 1 fully saturated rings. The Morgan fingerprint density at radius 1 is 1.19 bits per heavy atom. The molecule has 26 heavy (non-hydrogen) atoms. The average Bonchev–Trinajstić information content (AvgIpc) is 3.05. The Bertz CT molecular complexity index is 715. The van der Waals surface area contributed by atoms with Gasteiger partial charge in [-0.05, 0) is 48.9 Å². The summed E-state index contributed by atoms with van der Waals surface area (Å²) in [6.45, 7) is 2.02. The quantitative estimate of drug-likeness (QED) is 0.714. The number of nitrogens with zero attached hydrogens (tertiary/aromatic N) is 2. The van der Waals surface area contributed by atoms with Crippen LogP contribution in [0.1, 0.15) is 42.9 Å². The zero-order valence-corrected chi connectivity index (χ0v) is 15.0. The molecule has 0 spiro atoms. The first-order valence-electron chi connectivity index (χ1n) is 9.28. The molecule has 1 aromatic heterocycles. The number of aliphatic carboxylic acids is 1. The summed E-state index contributed by atoms with van der Waals surface area (Å²) in [4.78, 5) is 17.5. The van der Waals surface area contributed by atoms with Gasteiger partial charge in [0, 0.05) is 31.4 Å². The molecule has 4 heteroatoms. The van der Waals surface area contributed by atoms with E-state index in [2.05, 4.69) is 52.4 Å². The van der Waals surface area contributed by atoms with Crippen molar-refractivity contribution in [2.24, 2.45) is 5.92 Å². The van der Waals surface area contributed by atoms with Crippen molar-refractivity contribution < 1.29 is 9.90 Å². The first kappa shape index (κ1) is 18.3. The summed E-state index contributed by atoms with van der Waals surface area (Å²) >= 11 is 0. The van der Waals surface area contributed by atoms with Gasteiger partial charge in [0.25, 0.3) is 0 Å². The smallest absolute Gasteiger partial charge is 0.303 e. The molecule has 0 bridgehead atoms. The number of carboxylic acid groups (broad SMARTS) is 1. The van der Waals surface area contributed by atoms with Crippen molar-refractivity contribution in [3.05, 3.63) is 78.1 Å². The van der Waals surface area contributed by atoms with Gasteiger partial charge in [0.15, 0.2) is 0 Å². The lowest BCUT2D eigenvalue weighted by atomic mass is 9.91. The predicted octanol–water partition coefficient (Wildman–Crippen LogP) is 4.46. The van der Waals surface area contributed by atoms with Gasteiger partial charge in [0.05, 0.1) is 0 Å². The number of hydrogen-bond donors (Lipinski definition) is 1. The molecule has 0 amide bonds. The first-order valence-corrected chi connectivity index (χ1v) is 9.28. The van der Waals surface area contributed by atoms with E-state index < -0.39 is 5.97 Å². The molecule has 0 unspecified atom stereocenters. The van der Waals surface area contributed by atoms with Crippen molar-refractivity contribution in [1.29, 1.82) is 0 Å². The minimum atomic E-state index is -0.738. The van der Waals surface area contributed by atoms with Crippen molar-refractivity contribution in [3.8, 4) is 0 Å². The molecule has 0 radical (unpaired) electrons. The Balaban J connectivity index is 1.69. The van der Waals surface area contributed by atoms with E-state index >= 15 is 0 Å². The van der Waals surface area contributed by atoms with E-state index in [1.54, 1.807) is 0 Å². The number of benzene rings is 1. The van der Waals surface area contributed by atoms with Gasteiger partial charge in [-0.2, -0.15) is 0 Å². The highest BCUT2D eigenvalue weighted by atomic mass is 16.4. The monoisotopic (exact) mass is 350 g/mol. The topological polar surface area (TPSA) is 53.4 Å². The van der Waals surface area contributed by atoms with Crippen molar-refractivity contribution in [1.82, 2.24) is 9.88 Å².